The summed E-state index contributed by atoms with van der Waals surface area (Å²) in [7, 11) is -3.52. The molecule has 0 amide bonds. The van der Waals surface area contributed by atoms with Gasteiger partial charge < -0.3 is 5.11 Å². The fourth-order valence-electron chi connectivity index (χ4n) is 1.41. The van der Waals surface area contributed by atoms with Crippen LogP contribution < -0.4 is 4.72 Å². The Balaban J connectivity index is 2.64. The maximum Gasteiger partial charge on any atom is 0.241 e. The maximum absolute atomic E-state index is 12.0. The predicted molar refractivity (Wildman–Crippen MR) is 74.8 cm³/mol. The lowest BCUT2D eigenvalue weighted by Gasteiger charge is -2.14. The van der Waals surface area contributed by atoms with Gasteiger partial charge in [-0.3, -0.25) is 0 Å². The van der Waals surface area contributed by atoms with E-state index in [1.165, 1.54) is 6.07 Å². The van der Waals surface area contributed by atoms with Gasteiger partial charge in [-0.2, -0.15) is 0 Å². The first-order valence-corrected chi connectivity index (χ1v) is 8.04. The average Bonchev–Trinajstić information content (AvgIpc) is 2.28. The Bertz CT molecular complexity index is 488. The lowest BCUT2D eigenvalue weighted by atomic mass is 10.1. The minimum atomic E-state index is -3.52. The van der Waals surface area contributed by atoms with Crippen LogP contribution in [0.15, 0.2) is 33.6 Å². The van der Waals surface area contributed by atoms with Crippen molar-refractivity contribution in [2.75, 3.05) is 6.54 Å². The third-order valence-corrected chi connectivity index (χ3v) is 5.10. The van der Waals surface area contributed by atoms with E-state index < -0.39 is 16.1 Å². The molecule has 6 heteroatoms. The number of rotatable bonds is 6. The van der Waals surface area contributed by atoms with E-state index in [4.69, 9.17) is 0 Å². The summed E-state index contributed by atoms with van der Waals surface area (Å²) in [5.41, 5.74) is 0. The van der Waals surface area contributed by atoms with Crippen LogP contribution in [0.25, 0.3) is 0 Å². The third-order valence-electron chi connectivity index (χ3n) is 2.63. The zero-order chi connectivity index (χ0) is 13.8. The first-order chi connectivity index (χ1) is 8.34. The van der Waals surface area contributed by atoms with Crippen molar-refractivity contribution in [3.05, 3.63) is 28.7 Å². The largest absolute Gasteiger partial charge is 0.393 e. The zero-order valence-electron chi connectivity index (χ0n) is 10.4. The molecule has 1 atom stereocenters. The molecule has 0 spiro atoms. The van der Waals surface area contributed by atoms with Crippen molar-refractivity contribution in [1.82, 2.24) is 4.72 Å². The predicted octanol–water partition coefficient (Wildman–Crippen LogP) is 2.13. The minimum absolute atomic E-state index is 0.123. The zero-order valence-corrected chi connectivity index (χ0v) is 12.8. The number of hydrogen-bond donors (Lipinski definition) is 2. The Hall–Kier alpha value is -0.430. The van der Waals surface area contributed by atoms with Crippen molar-refractivity contribution in [3.63, 3.8) is 0 Å². The molecule has 0 aliphatic heterocycles. The lowest BCUT2D eigenvalue weighted by Crippen LogP contribution is -2.29. The Morgan fingerprint density at radius 1 is 1.33 bits per heavy atom. The van der Waals surface area contributed by atoms with Crippen LogP contribution in [0.2, 0.25) is 0 Å². The molecule has 0 saturated heterocycles. The summed E-state index contributed by atoms with van der Waals surface area (Å²) < 4.78 is 27.0. The summed E-state index contributed by atoms with van der Waals surface area (Å²) in [6.45, 7) is 4.02. The highest BCUT2D eigenvalue weighted by atomic mass is 79.9. The van der Waals surface area contributed by atoms with Gasteiger partial charge in [-0.05, 0) is 40.4 Å². The van der Waals surface area contributed by atoms with Gasteiger partial charge in [-0.15, -0.1) is 0 Å². The van der Waals surface area contributed by atoms with Crippen LogP contribution >= 0.6 is 15.9 Å². The Labute approximate surface area is 117 Å². The van der Waals surface area contributed by atoms with Crippen molar-refractivity contribution in [2.24, 2.45) is 5.92 Å². The molecule has 0 fully saturated rings. The number of hydrogen-bond acceptors (Lipinski definition) is 3. The van der Waals surface area contributed by atoms with E-state index in [-0.39, 0.29) is 17.4 Å². The number of aliphatic hydroxyl groups is 1. The molecule has 0 bridgehead atoms. The molecule has 18 heavy (non-hydrogen) atoms. The van der Waals surface area contributed by atoms with Crippen molar-refractivity contribution < 1.29 is 13.5 Å². The molecule has 0 radical (unpaired) electrons. The highest BCUT2D eigenvalue weighted by Gasteiger charge is 2.17. The molecular weight excluding hydrogens is 318 g/mol. The number of halogens is 1. The van der Waals surface area contributed by atoms with Crippen LogP contribution in [0.3, 0.4) is 0 Å². The van der Waals surface area contributed by atoms with E-state index in [0.717, 1.165) is 0 Å². The Morgan fingerprint density at radius 3 is 2.50 bits per heavy atom. The molecule has 0 saturated carbocycles. The summed E-state index contributed by atoms with van der Waals surface area (Å²) in [4.78, 5) is 0.212. The second-order valence-corrected chi connectivity index (χ2v) is 7.02. The van der Waals surface area contributed by atoms with Gasteiger partial charge in [0.15, 0.2) is 0 Å². The highest BCUT2D eigenvalue weighted by Crippen LogP contribution is 2.20. The van der Waals surface area contributed by atoms with Crippen molar-refractivity contribution in [1.29, 1.82) is 0 Å². The number of benzene rings is 1. The van der Waals surface area contributed by atoms with Crippen molar-refractivity contribution in [3.8, 4) is 0 Å². The molecule has 1 aromatic carbocycles. The van der Waals surface area contributed by atoms with Gasteiger partial charge in [0.25, 0.3) is 0 Å². The SMILES string of the molecule is CC(C)C(O)CCNS(=O)(=O)c1ccccc1Br. The molecule has 0 aliphatic carbocycles. The average molecular weight is 336 g/mol. The summed E-state index contributed by atoms with van der Waals surface area (Å²) >= 11 is 3.21. The van der Waals surface area contributed by atoms with Crippen LogP contribution in [-0.4, -0.2) is 26.2 Å². The Morgan fingerprint density at radius 2 is 1.94 bits per heavy atom. The first-order valence-electron chi connectivity index (χ1n) is 5.77. The molecule has 0 heterocycles. The van der Waals surface area contributed by atoms with E-state index in [2.05, 4.69) is 20.7 Å². The van der Waals surface area contributed by atoms with E-state index in [1.807, 2.05) is 13.8 Å². The summed E-state index contributed by atoms with van der Waals surface area (Å²) in [5, 5.41) is 9.60. The maximum atomic E-state index is 12.0. The number of nitrogens with one attached hydrogen (secondary N) is 1. The summed E-state index contributed by atoms with van der Waals surface area (Å²) in [6, 6.07) is 6.64. The van der Waals surface area contributed by atoms with Crippen LogP contribution in [0.5, 0.6) is 0 Å². The van der Waals surface area contributed by atoms with Crippen molar-refractivity contribution >= 4 is 26.0 Å². The fourth-order valence-corrected chi connectivity index (χ4v) is 3.46. The molecule has 102 valence electrons. The fraction of sp³-hybridized carbons (Fsp3) is 0.500. The minimum Gasteiger partial charge on any atom is -0.393 e. The van der Waals surface area contributed by atoms with Crippen molar-refractivity contribution in [2.45, 2.75) is 31.3 Å². The van der Waals surface area contributed by atoms with Gasteiger partial charge in [-0.1, -0.05) is 26.0 Å². The molecule has 4 nitrogen and oxygen atoms in total. The summed E-state index contributed by atoms with van der Waals surface area (Å²) in [6.07, 6.45) is -0.0895. The molecule has 1 unspecified atom stereocenters. The van der Waals surface area contributed by atoms with Gasteiger partial charge in [0, 0.05) is 11.0 Å². The third kappa shape index (κ3) is 4.35. The van der Waals surface area contributed by atoms with Gasteiger partial charge in [0.1, 0.15) is 0 Å². The first kappa shape index (κ1) is 15.6. The summed E-state index contributed by atoms with van der Waals surface area (Å²) in [5.74, 6) is 0.123. The van der Waals surface area contributed by atoms with Crippen LogP contribution in [-0.2, 0) is 10.0 Å². The van der Waals surface area contributed by atoms with E-state index in [9.17, 15) is 13.5 Å². The normalized spacial score (nSPS) is 13.8. The van der Waals surface area contributed by atoms with Gasteiger partial charge >= 0.3 is 0 Å². The standard InChI is InChI=1S/C12H18BrNO3S/c1-9(2)11(15)7-8-14-18(16,17)12-6-4-3-5-10(12)13/h3-6,9,11,14-15H,7-8H2,1-2H3. The van der Waals surface area contributed by atoms with Crippen LogP contribution in [0, 0.1) is 5.92 Å². The molecule has 0 aromatic heterocycles. The van der Waals surface area contributed by atoms with E-state index in [1.54, 1.807) is 18.2 Å². The van der Waals surface area contributed by atoms with Crippen LogP contribution in [0.4, 0.5) is 0 Å². The van der Waals surface area contributed by atoms with Gasteiger partial charge in [0.05, 0.1) is 11.0 Å². The molecule has 0 aliphatic rings. The Kier molecular flexibility index (Phi) is 5.78. The molecular formula is C12H18BrNO3S. The second-order valence-electron chi connectivity index (χ2n) is 4.43. The number of aliphatic hydroxyl groups excluding tert-OH is 1. The van der Waals surface area contributed by atoms with Gasteiger partial charge in [0.2, 0.25) is 10.0 Å². The monoisotopic (exact) mass is 335 g/mol. The molecule has 1 rings (SSSR count). The highest BCUT2D eigenvalue weighted by molar-refractivity contribution is 9.10. The lowest BCUT2D eigenvalue weighted by molar-refractivity contribution is 0.118. The van der Waals surface area contributed by atoms with Gasteiger partial charge in [-0.25, -0.2) is 13.1 Å². The smallest absolute Gasteiger partial charge is 0.241 e. The van der Waals surface area contributed by atoms with Crippen LogP contribution in [0.1, 0.15) is 20.3 Å². The second kappa shape index (κ2) is 6.65. The van der Waals surface area contributed by atoms with E-state index in [0.29, 0.717) is 10.9 Å². The topological polar surface area (TPSA) is 66.4 Å². The number of sulfonamides is 1. The molecule has 2 N–H and O–H groups in total. The molecule has 1 aromatic rings. The van der Waals surface area contributed by atoms with E-state index >= 15 is 0 Å². The quantitative estimate of drug-likeness (QED) is 0.836.